The summed E-state index contributed by atoms with van der Waals surface area (Å²) in [7, 11) is 1.65. The second-order valence-electron chi connectivity index (χ2n) is 4.85. The number of amides is 1. The molecule has 0 bridgehead atoms. The van der Waals surface area contributed by atoms with Gasteiger partial charge in [-0.3, -0.25) is 4.79 Å². The largest absolute Gasteiger partial charge is 0.508 e. The standard InChI is InChI=1S/C16H17ClN2O2/c1-10(11-6-3-4-9-14(11)20)19(2)16(21)15-12(17)7-5-8-13(15)18/h3-10,20H,18H2,1-2H3. The SMILES string of the molecule is CC(c1ccccc1O)N(C)C(=O)c1c(N)cccc1Cl. The number of nitrogens with zero attached hydrogens (tertiary/aromatic N) is 1. The van der Waals surface area contributed by atoms with E-state index in [9.17, 15) is 9.90 Å². The number of carbonyl (C=O) groups is 1. The number of para-hydroxylation sites is 1. The molecule has 3 N–H and O–H groups in total. The molecule has 0 radical (unpaired) electrons. The van der Waals surface area contributed by atoms with Gasteiger partial charge in [0.25, 0.3) is 5.91 Å². The van der Waals surface area contributed by atoms with Gasteiger partial charge in [0.15, 0.2) is 0 Å². The average Bonchev–Trinajstić information content (AvgIpc) is 2.46. The van der Waals surface area contributed by atoms with Crippen molar-refractivity contribution in [3.63, 3.8) is 0 Å². The minimum Gasteiger partial charge on any atom is -0.508 e. The van der Waals surface area contributed by atoms with Gasteiger partial charge in [-0.1, -0.05) is 35.9 Å². The molecule has 0 aromatic heterocycles. The van der Waals surface area contributed by atoms with Crippen LogP contribution >= 0.6 is 11.6 Å². The van der Waals surface area contributed by atoms with Gasteiger partial charge in [0.05, 0.1) is 16.6 Å². The Labute approximate surface area is 128 Å². The van der Waals surface area contributed by atoms with Gasteiger partial charge in [-0.05, 0) is 25.1 Å². The third-order valence-electron chi connectivity index (χ3n) is 3.55. The predicted molar refractivity (Wildman–Crippen MR) is 84.5 cm³/mol. The molecule has 0 aliphatic carbocycles. The molecule has 21 heavy (non-hydrogen) atoms. The van der Waals surface area contributed by atoms with Gasteiger partial charge >= 0.3 is 0 Å². The molecule has 2 aromatic carbocycles. The van der Waals surface area contributed by atoms with Gasteiger partial charge in [0, 0.05) is 18.3 Å². The first-order valence-corrected chi connectivity index (χ1v) is 6.90. The van der Waals surface area contributed by atoms with Gasteiger partial charge in [-0.25, -0.2) is 0 Å². The highest BCUT2D eigenvalue weighted by Crippen LogP contribution is 2.30. The second-order valence-corrected chi connectivity index (χ2v) is 5.26. The van der Waals surface area contributed by atoms with Crippen LogP contribution in [-0.4, -0.2) is 23.0 Å². The number of phenolic OH excluding ortho intramolecular Hbond substituents is 1. The number of carbonyl (C=O) groups excluding carboxylic acids is 1. The van der Waals surface area contributed by atoms with Crippen LogP contribution in [0.15, 0.2) is 42.5 Å². The lowest BCUT2D eigenvalue weighted by atomic mass is 10.0. The lowest BCUT2D eigenvalue weighted by Gasteiger charge is -2.26. The number of hydrogen-bond acceptors (Lipinski definition) is 3. The molecular formula is C16H17ClN2O2. The van der Waals surface area contributed by atoms with Gasteiger partial charge in [0.1, 0.15) is 5.75 Å². The van der Waals surface area contributed by atoms with E-state index in [-0.39, 0.29) is 23.3 Å². The van der Waals surface area contributed by atoms with Crippen LogP contribution in [0.1, 0.15) is 28.9 Å². The highest BCUT2D eigenvalue weighted by molar-refractivity contribution is 6.34. The van der Waals surface area contributed by atoms with Crippen molar-refractivity contribution in [1.29, 1.82) is 0 Å². The number of nitrogens with two attached hydrogens (primary N) is 1. The fourth-order valence-corrected chi connectivity index (χ4v) is 2.43. The third kappa shape index (κ3) is 2.95. The zero-order valence-electron chi connectivity index (χ0n) is 11.9. The monoisotopic (exact) mass is 304 g/mol. The fraction of sp³-hybridized carbons (Fsp3) is 0.188. The predicted octanol–water partition coefficient (Wildman–Crippen LogP) is 3.46. The van der Waals surface area contributed by atoms with Crippen LogP contribution in [-0.2, 0) is 0 Å². The lowest BCUT2D eigenvalue weighted by Crippen LogP contribution is -2.30. The minimum absolute atomic E-state index is 0.150. The molecule has 0 fully saturated rings. The molecule has 1 atom stereocenters. The Kier molecular flexibility index (Phi) is 4.38. The Morgan fingerprint density at radius 3 is 2.52 bits per heavy atom. The third-order valence-corrected chi connectivity index (χ3v) is 3.86. The summed E-state index contributed by atoms with van der Waals surface area (Å²) in [5, 5.41) is 10.2. The van der Waals surface area contributed by atoms with E-state index in [0.717, 1.165) is 0 Å². The van der Waals surface area contributed by atoms with Crippen molar-refractivity contribution in [3.8, 4) is 5.75 Å². The van der Waals surface area contributed by atoms with Crippen molar-refractivity contribution in [1.82, 2.24) is 4.90 Å². The number of benzene rings is 2. The van der Waals surface area contributed by atoms with Crippen LogP contribution in [0.3, 0.4) is 0 Å². The summed E-state index contributed by atoms with van der Waals surface area (Å²) < 4.78 is 0. The first kappa shape index (κ1) is 15.2. The van der Waals surface area contributed by atoms with Crippen LogP contribution in [0.5, 0.6) is 5.75 Å². The van der Waals surface area contributed by atoms with E-state index in [4.69, 9.17) is 17.3 Å². The maximum atomic E-state index is 12.6. The van der Waals surface area contributed by atoms with Crippen LogP contribution < -0.4 is 5.73 Å². The molecule has 4 nitrogen and oxygen atoms in total. The number of hydrogen-bond donors (Lipinski definition) is 2. The summed E-state index contributed by atoms with van der Waals surface area (Å²) in [4.78, 5) is 14.1. The van der Waals surface area contributed by atoms with E-state index in [2.05, 4.69) is 0 Å². The van der Waals surface area contributed by atoms with E-state index in [1.54, 1.807) is 43.4 Å². The number of halogens is 1. The topological polar surface area (TPSA) is 66.6 Å². The Balaban J connectivity index is 2.34. The highest BCUT2D eigenvalue weighted by Gasteiger charge is 2.24. The van der Waals surface area contributed by atoms with E-state index < -0.39 is 0 Å². The first-order valence-electron chi connectivity index (χ1n) is 6.52. The van der Waals surface area contributed by atoms with Crippen molar-refractivity contribution in [2.75, 3.05) is 12.8 Å². The molecule has 0 aliphatic rings. The quantitative estimate of drug-likeness (QED) is 0.853. The van der Waals surface area contributed by atoms with Crippen LogP contribution in [0.4, 0.5) is 5.69 Å². The van der Waals surface area contributed by atoms with Crippen LogP contribution in [0.25, 0.3) is 0 Å². The van der Waals surface area contributed by atoms with Crippen LogP contribution in [0.2, 0.25) is 5.02 Å². The zero-order valence-corrected chi connectivity index (χ0v) is 12.6. The molecule has 0 saturated heterocycles. The summed E-state index contributed by atoms with van der Waals surface area (Å²) in [6, 6.07) is 11.6. The molecule has 2 rings (SSSR count). The Morgan fingerprint density at radius 1 is 1.24 bits per heavy atom. The van der Waals surface area contributed by atoms with Crippen molar-refractivity contribution in [3.05, 3.63) is 58.6 Å². The molecule has 0 spiro atoms. The number of phenols is 1. The van der Waals surface area contributed by atoms with Gasteiger partial charge < -0.3 is 15.7 Å². The maximum Gasteiger partial charge on any atom is 0.257 e. The van der Waals surface area contributed by atoms with Gasteiger partial charge in [0.2, 0.25) is 0 Å². The number of aromatic hydroxyl groups is 1. The number of anilines is 1. The summed E-state index contributed by atoms with van der Waals surface area (Å²) >= 11 is 6.07. The van der Waals surface area contributed by atoms with Crippen molar-refractivity contribution in [2.45, 2.75) is 13.0 Å². The molecule has 0 heterocycles. The Morgan fingerprint density at radius 2 is 1.90 bits per heavy atom. The maximum absolute atomic E-state index is 12.6. The lowest BCUT2D eigenvalue weighted by molar-refractivity contribution is 0.0742. The average molecular weight is 305 g/mol. The van der Waals surface area contributed by atoms with Crippen LogP contribution in [0, 0.1) is 0 Å². The smallest absolute Gasteiger partial charge is 0.257 e. The van der Waals surface area contributed by atoms with E-state index in [0.29, 0.717) is 16.3 Å². The molecule has 2 aromatic rings. The van der Waals surface area contributed by atoms with Gasteiger partial charge in [-0.15, -0.1) is 0 Å². The summed E-state index contributed by atoms with van der Waals surface area (Å²) in [5.41, 5.74) is 7.13. The molecule has 0 saturated carbocycles. The second kappa shape index (κ2) is 6.06. The highest BCUT2D eigenvalue weighted by atomic mass is 35.5. The van der Waals surface area contributed by atoms with Crippen molar-refractivity contribution in [2.24, 2.45) is 0 Å². The summed E-state index contributed by atoms with van der Waals surface area (Å²) in [6.07, 6.45) is 0. The molecule has 110 valence electrons. The van der Waals surface area contributed by atoms with Crippen molar-refractivity contribution >= 4 is 23.2 Å². The number of nitrogen functional groups attached to an aromatic ring is 1. The van der Waals surface area contributed by atoms with E-state index >= 15 is 0 Å². The van der Waals surface area contributed by atoms with E-state index in [1.807, 2.05) is 13.0 Å². The zero-order chi connectivity index (χ0) is 15.6. The van der Waals surface area contributed by atoms with Crippen molar-refractivity contribution < 1.29 is 9.90 Å². The molecule has 1 amide bonds. The Bertz CT molecular complexity index is 653. The molecule has 1 unspecified atom stereocenters. The molecule has 0 aliphatic heterocycles. The minimum atomic E-state index is -0.311. The summed E-state index contributed by atoms with van der Waals surface area (Å²) in [6.45, 7) is 1.83. The molecule has 5 heteroatoms. The molecular weight excluding hydrogens is 288 g/mol. The van der Waals surface area contributed by atoms with Gasteiger partial charge in [-0.2, -0.15) is 0 Å². The summed E-state index contributed by atoms with van der Waals surface area (Å²) in [5.74, 6) is -0.134. The fourth-order valence-electron chi connectivity index (χ4n) is 2.17. The van der Waals surface area contributed by atoms with E-state index in [1.165, 1.54) is 4.90 Å². The normalized spacial score (nSPS) is 12.0. The Hall–Kier alpha value is -2.20. The number of rotatable bonds is 3. The first-order chi connectivity index (χ1) is 9.93.